The Labute approximate surface area is 127 Å². The average Bonchev–Trinajstić information content (AvgIpc) is 2.41. The van der Waals surface area contributed by atoms with Crippen molar-refractivity contribution < 1.29 is 14.6 Å². The van der Waals surface area contributed by atoms with E-state index in [1.807, 2.05) is 19.1 Å². The topological polar surface area (TPSA) is 49.8 Å². The molecular formula is C17H25NO3. The van der Waals surface area contributed by atoms with Crippen LogP contribution in [-0.2, 0) is 9.53 Å². The van der Waals surface area contributed by atoms with Crippen LogP contribution in [0.4, 0.5) is 5.69 Å². The van der Waals surface area contributed by atoms with Crippen LogP contribution >= 0.6 is 0 Å². The third kappa shape index (κ3) is 6.00. The molecule has 1 N–H and O–H groups in total. The minimum atomic E-state index is -0.935. The molecule has 4 nitrogen and oxygen atoms in total. The van der Waals surface area contributed by atoms with Crippen molar-refractivity contribution in [2.24, 2.45) is 5.92 Å². The Morgan fingerprint density at radius 2 is 2.14 bits per heavy atom. The van der Waals surface area contributed by atoms with E-state index in [9.17, 15) is 4.79 Å². The van der Waals surface area contributed by atoms with Crippen LogP contribution in [-0.4, -0.2) is 37.9 Å². The molecule has 0 aromatic heterocycles. The fourth-order valence-electron chi connectivity index (χ4n) is 2.21. The SMILES string of the molecule is COCCN(CC(C)C)c1ccc(C)cc1/C=C/C(=O)O. The van der Waals surface area contributed by atoms with E-state index in [0.717, 1.165) is 29.9 Å². The number of hydrogen-bond acceptors (Lipinski definition) is 3. The van der Waals surface area contributed by atoms with Crippen LogP contribution in [0.2, 0.25) is 0 Å². The van der Waals surface area contributed by atoms with Gasteiger partial charge in [-0.2, -0.15) is 0 Å². The molecule has 0 bridgehead atoms. The largest absolute Gasteiger partial charge is 0.478 e. The van der Waals surface area contributed by atoms with Crippen molar-refractivity contribution >= 4 is 17.7 Å². The molecule has 1 aromatic carbocycles. The molecule has 116 valence electrons. The van der Waals surface area contributed by atoms with Crippen molar-refractivity contribution in [3.8, 4) is 0 Å². The zero-order chi connectivity index (χ0) is 15.8. The summed E-state index contributed by atoms with van der Waals surface area (Å²) in [6.07, 6.45) is 2.84. The van der Waals surface area contributed by atoms with Crippen molar-refractivity contribution in [3.05, 3.63) is 35.4 Å². The van der Waals surface area contributed by atoms with E-state index in [1.165, 1.54) is 6.08 Å². The van der Waals surface area contributed by atoms with E-state index < -0.39 is 5.97 Å². The maximum Gasteiger partial charge on any atom is 0.328 e. The first-order valence-electron chi connectivity index (χ1n) is 7.19. The number of ether oxygens (including phenoxy) is 1. The summed E-state index contributed by atoms with van der Waals surface area (Å²) in [6, 6.07) is 6.11. The Kier molecular flexibility index (Phi) is 6.96. The highest BCUT2D eigenvalue weighted by Crippen LogP contribution is 2.24. The highest BCUT2D eigenvalue weighted by Gasteiger charge is 2.12. The first kappa shape index (κ1) is 17.2. The van der Waals surface area contributed by atoms with Gasteiger partial charge in [-0.3, -0.25) is 0 Å². The molecule has 1 aromatic rings. The number of rotatable bonds is 8. The maximum absolute atomic E-state index is 10.8. The van der Waals surface area contributed by atoms with Gasteiger partial charge < -0.3 is 14.7 Å². The second-order valence-corrected chi connectivity index (χ2v) is 5.57. The summed E-state index contributed by atoms with van der Waals surface area (Å²) >= 11 is 0. The summed E-state index contributed by atoms with van der Waals surface area (Å²) in [6.45, 7) is 8.67. The highest BCUT2D eigenvalue weighted by molar-refractivity contribution is 5.87. The molecule has 0 aliphatic heterocycles. The number of carbonyl (C=O) groups is 1. The Bertz CT molecular complexity index is 495. The van der Waals surface area contributed by atoms with Gasteiger partial charge in [-0.15, -0.1) is 0 Å². The maximum atomic E-state index is 10.8. The lowest BCUT2D eigenvalue weighted by Gasteiger charge is -2.28. The molecule has 0 fully saturated rings. The van der Waals surface area contributed by atoms with E-state index >= 15 is 0 Å². The first-order chi connectivity index (χ1) is 9.93. The summed E-state index contributed by atoms with van der Waals surface area (Å²) < 4.78 is 5.18. The standard InChI is InChI=1S/C17H25NO3/c1-13(2)12-18(9-10-21-4)16-7-5-14(3)11-15(16)6-8-17(19)20/h5-8,11,13H,9-10,12H2,1-4H3,(H,19,20)/b8-6+. The van der Waals surface area contributed by atoms with Crippen LogP contribution in [0.15, 0.2) is 24.3 Å². The number of aliphatic carboxylic acids is 1. The van der Waals surface area contributed by atoms with E-state index in [4.69, 9.17) is 9.84 Å². The number of benzene rings is 1. The minimum absolute atomic E-state index is 0.513. The monoisotopic (exact) mass is 291 g/mol. The second kappa shape index (κ2) is 8.47. The van der Waals surface area contributed by atoms with Gasteiger partial charge in [-0.25, -0.2) is 4.79 Å². The summed E-state index contributed by atoms with van der Waals surface area (Å²) in [5.74, 6) is -0.422. The van der Waals surface area contributed by atoms with Gasteiger partial charge in [0.25, 0.3) is 0 Å². The smallest absolute Gasteiger partial charge is 0.328 e. The van der Waals surface area contributed by atoms with Crippen LogP contribution in [0.5, 0.6) is 0 Å². The fraction of sp³-hybridized carbons (Fsp3) is 0.471. The quantitative estimate of drug-likeness (QED) is 0.747. The van der Waals surface area contributed by atoms with E-state index in [1.54, 1.807) is 13.2 Å². The lowest BCUT2D eigenvalue weighted by atomic mass is 10.1. The Balaban J connectivity index is 3.12. The molecule has 0 saturated heterocycles. The molecule has 0 unspecified atom stereocenters. The van der Waals surface area contributed by atoms with Crippen molar-refractivity contribution in [2.45, 2.75) is 20.8 Å². The van der Waals surface area contributed by atoms with Gasteiger partial charge in [0.2, 0.25) is 0 Å². The molecule has 0 atom stereocenters. The van der Waals surface area contributed by atoms with Crippen molar-refractivity contribution in [3.63, 3.8) is 0 Å². The molecule has 1 rings (SSSR count). The number of anilines is 1. The molecule has 0 radical (unpaired) electrons. The Hall–Kier alpha value is -1.81. The summed E-state index contributed by atoms with van der Waals surface area (Å²) in [4.78, 5) is 13.0. The lowest BCUT2D eigenvalue weighted by Crippen LogP contribution is -2.31. The highest BCUT2D eigenvalue weighted by atomic mass is 16.5. The predicted molar refractivity (Wildman–Crippen MR) is 86.8 cm³/mol. The molecular weight excluding hydrogens is 266 g/mol. The number of hydrogen-bond donors (Lipinski definition) is 1. The molecule has 21 heavy (non-hydrogen) atoms. The molecule has 0 heterocycles. The predicted octanol–water partition coefficient (Wildman–Crippen LogP) is 3.20. The van der Waals surface area contributed by atoms with Gasteiger partial charge in [0.05, 0.1) is 6.61 Å². The number of carboxylic acids is 1. The first-order valence-corrected chi connectivity index (χ1v) is 7.19. The third-order valence-corrected chi connectivity index (χ3v) is 3.08. The molecule has 0 aliphatic carbocycles. The van der Waals surface area contributed by atoms with Crippen molar-refractivity contribution in [1.82, 2.24) is 0 Å². The number of nitrogens with zero attached hydrogens (tertiary/aromatic N) is 1. The zero-order valence-electron chi connectivity index (χ0n) is 13.3. The van der Waals surface area contributed by atoms with Crippen LogP contribution in [0, 0.1) is 12.8 Å². The van der Waals surface area contributed by atoms with Gasteiger partial charge in [-0.1, -0.05) is 25.5 Å². The number of aryl methyl sites for hydroxylation is 1. The van der Waals surface area contributed by atoms with Crippen LogP contribution in [0.3, 0.4) is 0 Å². The zero-order valence-corrected chi connectivity index (χ0v) is 13.3. The lowest BCUT2D eigenvalue weighted by molar-refractivity contribution is -0.131. The Morgan fingerprint density at radius 3 is 2.71 bits per heavy atom. The number of carboxylic acid groups (broad SMARTS) is 1. The van der Waals surface area contributed by atoms with E-state index in [2.05, 4.69) is 24.8 Å². The average molecular weight is 291 g/mol. The molecule has 0 spiro atoms. The summed E-state index contributed by atoms with van der Waals surface area (Å²) in [5.41, 5.74) is 3.08. The molecule has 4 heteroatoms. The van der Waals surface area contributed by atoms with Gasteiger partial charge >= 0.3 is 5.97 Å². The number of methoxy groups -OCH3 is 1. The molecule has 0 saturated carbocycles. The normalized spacial score (nSPS) is 11.3. The van der Waals surface area contributed by atoms with Crippen molar-refractivity contribution in [2.75, 3.05) is 31.7 Å². The molecule has 0 amide bonds. The van der Waals surface area contributed by atoms with Crippen molar-refractivity contribution in [1.29, 1.82) is 0 Å². The summed E-state index contributed by atoms with van der Waals surface area (Å²) in [7, 11) is 1.69. The van der Waals surface area contributed by atoms with E-state index in [-0.39, 0.29) is 0 Å². The van der Waals surface area contributed by atoms with Crippen LogP contribution in [0.1, 0.15) is 25.0 Å². The summed E-state index contributed by atoms with van der Waals surface area (Å²) in [5, 5.41) is 8.84. The third-order valence-electron chi connectivity index (χ3n) is 3.08. The van der Waals surface area contributed by atoms with Gasteiger partial charge in [0.1, 0.15) is 0 Å². The van der Waals surface area contributed by atoms with Crippen LogP contribution < -0.4 is 4.90 Å². The Morgan fingerprint density at radius 1 is 1.43 bits per heavy atom. The minimum Gasteiger partial charge on any atom is -0.478 e. The second-order valence-electron chi connectivity index (χ2n) is 5.57. The molecule has 0 aliphatic rings. The van der Waals surface area contributed by atoms with Crippen LogP contribution in [0.25, 0.3) is 6.08 Å². The van der Waals surface area contributed by atoms with E-state index in [0.29, 0.717) is 12.5 Å². The van der Waals surface area contributed by atoms with Gasteiger partial charge in [-0.05, 0) is 36.6 Å². The fourth-order valence-corrected chi connectivity index (χ4v) is 2.21. The van der Waals surface area contributed by atoms with Gasteiger partial charge in [0, 0.05) is 32.0 Å². The van der Waals surface area contributed by atoms with Gasteiger partial charge in [0.15, 0.2) is 0 Å².